The number of hydrogen-bond donors (Lipinski definition) is 2. The van der Waals surface area contributed by atoms with Gasteiger partial charge in [-0.1, -0.05) is 66.2 Å². The van der Waals surface area contributed by atoms with Gasteiger partial charge in [0, 0.05) is 36.8 Å². The molecule has 4 heterocycles. The second-order valence-corrected chi connectivity index (χ2v) is 12.2. The van der Waals surface area contributed by atoms with Gasteiger partial charge in [-0.15, -0.1) is 0 Å². The number of benzene rings is 2. The topological polar surface area (TPSA) is 125 Å². The standard InChI is InChI=1S/C34H36ClN3O7/c35-23-12-14-24(15-13-23)37-18-6-2-5-11-27(40)44-21-25(22-9-3-1-4-10-22)36-31(41)28-26-16-17-34(45-26)29(28)32(42)38(19-7-8-20-39)30(34)33(37)43/h1-4,6,9-10,12-17,25-26,28-30,39H,5,7-8,11,18-21H2,(H,36,41)/b6-2-/t25-,26-,28+,29+,30-,34+/m1/s1. The first-order valence-electron chi connectivity index (χ1n) is 15.4. The molecule has 4 aliphatic heterocycles. The number of aliphatic hydroxyl groups excluding tert-OH is 1. The lowest BCUT2D eigenvalue weighted by molar-refractivity contribution is -0.145. The molecule has 4 aliphatic rings. The number of cyclic esters (lactones) is 1. The van der Waals surface area contributed by atoms with Crippen LogP contribution in [0.25, 0.3) is 0 Å². The van der Waals surface area contributed by atoms with Crippen molar-refractivity contribution in [1.29, 1.82) is 0 Å². The monoisotopic (exact) mass is 633 g/mol. The number of amides is 3. The Morgan fingerprint density at radius 2 is 1.76 bits per heavy atom. The van der Waals surface area contributed by atoms with Crippen LogP contribution in [0.15, 0.2) is 78.9 Å². The number of ether oxygens (including phenoxy) is 2. The Balaban J connectivity index is 1.41. The maximum absolute atomic E-state index is 14.7. The zero-order valence-corrected chi connectivity index (χ0v) is 25.5. The number of aliphatic hydroxyl groups is 1. The van der Waals surface area contributed by atoms with Gasteiger partial charge in [-0.3, -0.25) is 19.2 Å². The van der Waals surface area contributed by atoms with E-state index in [-0.39, 0.29) is 44.5 Å². The summed E-state index contributed by atoms with van der Waals surface area (Å²) in [5, 5.41) is 13.0. The summed E-state index contributed by atoms with van der Waals surface area (Å²) in [7, 11) is 0. The number of likely N-dealkylation sites (tertiary alicyclic amines) is 1. The first kappa shape index (κ1) is 31.0. The van der Waals surface area contributed by atoms with Crippen molar-refractivity contribution in [2.75, 3.05) is 31.2 Å². The van der Waals surface area contributed by atoms with Crippen molar-refractivity contribution in [1.82, 2.24) is 10.2 Å². The molecule has 0 aliphatic carbocycles. The molecule has 6 atom stereocenters. The number of hydrogen-bond acceptors (Lipinski definition) is 7. The van der Waals surface area contributed by atoms with E-state index in [1.807, 2.05) is 42.5 Å². The second-order valence-electron chi connectivity index (χ2n) is 11.8. The zero-order chi connectivity index (χ0) is 31.6. The highest BCUT2D eigenvalue weighted by atomic mass is 35.5. The summed E-state index contributed by atoms with van der Waals surface area (Å²) in [6.45, 7) is 0.260. The summed E-state index contributed by atoms with van der Waals surface area (Å²) >= 11 is 6.16. The summed E-state index contributed by atoms with van der Waals surface area (Å²) in [6.07, 6.45) is 7.90. The van der Waals surface area contributed by atoms with Crippen LogP contribution in [0.2, 0.25) is 5.02 Å². The molecule has 5 bridgehead atoms. The van der Waals surface area contributed by atoms with Crippen LogP contribution in [-0.2, 0) is 28.7 Å². The number of fused-ring (bicyclic) bond motifs is 2. The Morgan fingerprint density at radius 3 is 2.51 bits per heavy atom. The fourth-order valence-corrected chi connectivity index (χ4v) is 7.02. The van der Waals surface area contributed by atoms with Gasteiger partial charge < -0.3 is 29.7 Å². The van der Waals surface area contributed by atoms with E-state index >= 15 is 0 Å². The third kappa shape index (κ3) is 5.90. The molecule has 1 spiro atoms. The fourth-order valence-electron chi connectivity index (χ4n) is 6.89. The number of carbonyl (C=O) groups excluding carboxylic acids is 4. The third-order valence-electron chi connectivity index (χ3n) is 9.02. The Hall–Kier alpha value is -3.99. The number of nitrogens with one attached hydrogen (secondary N) is 1. The van der Waals surface area contributed by atoms with Crippen LogP contribution in [0, 0.1) is 11.8 Å². The number of unbranched alkanes of at least 4 members (excludes halogenated alkanes) is 1. The predicted octanol–water partition coefficient (Wildman–Crippen LogP) is 3.35. The average Bonchev–Trinajstić information content (AvgIpc) is 3.69. The number of halogens is 1. The second kappa shape index (κ2) is 13.2. The van der Waals surface area contributed by atoms with Crippen LogP contribution in [0.1, 0.15) is 37.3 Å². The summed E-state index contributed by atoms with van der Waals surface area (Å²) < 4.78 is 12.1. The summed E-state index contributed by atoms with van der Waals surface area (Å²) in [4.78, 5) is 58.8. The molecular formula is C34H36ClN3O7. The summed E-state index contributed by atoms with van der Waals surface area (Å²) in [5.41, 5.74) is -0.0248. The van der Waals surface area contributed by atoms with Crippen molar-refractivity contribution in [3.63, 3.8) is 0 Å². The Bertz CT molecular complexity index is 1500. The van der Waals surface area contributed by atoms with Gasteiger partial charge in [0.2, 0.25) is 11.8 Å². The lowest BCUT2D eigenvalue weighted by Crippen LogP contribution is -2.56. The van der Waals surface area contributed by atoms with E-state index in [1.165, 1.54) is 4.90 Å². The quantitative estimate of drug-likeness (QED) is 0.284. The number of allylic oxidation sites excluding steroid dienone is 1. The van der Waals surface area contributed by atoms with Gasteiger partial charge in [0.15, 0.2) is 0 Å². The number of nitrogens with zero attached hydrogens (tertiary/aromatic N) is 2. The highest BCUT2D eigenvalue weighted by Gasteiger charge is 2.73. The zero-order valence-electron chi connectivity index (χ0n) is 24.7. The van der Waals surface area contributed by atoms with Gasteiger partial charge in [0.25, 0.3) is 5.91 Å². The van der Waals surface area contributed by atoms with Gasteiger partial charge in [-0.2, -0.15) is 0 Å². The maximum Gasteiger partial charge on any atom is 0.306 e. The van der Waals surface area contributed by atoms with Crippen LogP contribution in [-0.4, -0.2) is 77.7 Å². The van der Waals surface area contributed by atoms with Crippen LogP contribution in [0.5, 0.6) is 0 Å². The summed E-state index contributed by atoms with van der Waals surface area (Å²) in [5.74, 6) is -3.37. The predicted molar refractivity (Wildman–Crippen MR) is 166 cm³/mol. The van der Waals surface area contributed by atoms with Crippen molar-refractivity contribution in [2.24, 2.45) is 11.8 Å². The van der Waals surface area contributed by atoms with Gasteiger partial charge in [0.05, 0.1) is 24.0 Å². The van der Waals surface area contributed by atoms with E-state index in [0.717, 1.165) is 5.56 Å². The van der Waals surface area contributed by atoms with E-state index in [1.54, 1.807) is 41.3 Å². The Morgan fingerprint density at radius 1 is 0.978 bits per heavy atom. The lowest BCUT2D eigenvalue weighted by atomic mass is 9.74. The molecule has 6 rings (SSSR count). The van der Waals surface area contributed by atoms with Crippen molar-refractivity contribution in [3.05, 3.63) is 89.5 Å². The average molecular weight is 634 g/mol. The maximum atomic E-state index is 14.7. The number of esters is 1. The molecule has 2 aromatic carbocycles. The molecule has 3 amide bonds. The van der Waals surface area contributed by atoms with Crippen molar-refractivity contribution < 1.29 is 33.8 Å². The van der Waals surface area contributed by atoms with Crippen LogP contribution < -0.4 is 10.2 Å². The lowest BCUT2D eigenvalue weighted by Gasteiger charge is -2.36. The van der Waals surface area contributed by atoms with E-state index < -0.39 is 47.5 Å². The molecular weight excluding hydrogens is 598 g/mol. The Kier molecular flexibility index (Phi) is 9.07. The van der Waals surface area contributed by atoms with Gasteiger partial charge in [-0.05, 0) is 49.1 Å². The molecule has 0 aromatic heterocycles. The fraction of sp³-hybridized carbons (Fsp3) is 0.412. The van der Waals surface area contributed by atoms with Crippen LogP contribution >= 0.6 is 11.6 Å². The van der Waals surface area contributed by atoms with Crippen LogP contribution in [0.4, 0.5) is 5.69 Å². The van der Waals surface area contributed by atoms with Crippen molar-refractivity contribution in [3.8, 4) is 0 Å². The molecule has 11 heteroatoms. The molecule has 0 radical (unpaired) electrons. The first-order valence-corrected chi connectivity index (χ1v) is 15.7. The smallest absolute Gasteiger partial charge is 0.306 e. The molecule has 2 fully saturated rings. The first-order chi connectivity index (χ1) is 21.8. The minimum atomic E-state index is -1.35. The third-order valence-corrected chi connectivity index (χ3v) is 9.27. The highest BCUT2D eigenvalue weighted by molar-refractivity contribution is 6.30. The molecule has 10 nitrogen and oxygen atoms in total. The Labute approximate surface area is 266 Å². The SMILES string of the molecule is O=C1CC/C=C\CN(c2ccc(Cl)cc2)C(=O)[C@H]2N(CCCCO)C(=O)[C@@H]3[C@@H](C(=O)N[C@@H](c4ccccc4)CO1)[C@H]1C=C[C@]32O1. The molecule has 236 valence electrons. The van der Waals surface area contributed by atoms with E-state index in [2.05, 4.69) is 5.32 Å². The van der Waals surface area contributed by atoms with Crippen molar-refractivity contribution >= 4 is 41.0 Å². The summed E-state index contributed by atoms with van der Waals surface area (Å²) in [6, 6.07) is 14.4. The molecule has 0 unspecified atom stereocenters. The van der Waals surface area contributed by atoms with Crippen molar-refractivity contribution in [2.45, 2.75) is 49.5 Å². The minimum absolute atomic E-state index is 0.0497. The number of carbonyl (C=O) groups is 4. The van der Waals surface area contributed by atoms with E-state index in [9.17, 15) is 24.3 Å². The van der Waals surface area contributed by atoms with Gasteiger partial charge >= 0.3 is 5.97 Å². The highest BCUT2D eigenvalue weighted by Crippen LogP contribution is 2.55. The number of anilines is 1. The largest absolute Gasteiger partial charge is 0.463 e. The van der Waals surface area contributed by atoms with E-state index in [0.29, 0.717) is 30.0 Å². The number of rotatable bonds is 6. The molecule has 2 saturated heterocycles. The van der Waals surface area contributed by atoms with Gasteiger partial charge in [-0.25, -0.2) is 0 Å². The normalized spacial score (nSPS) is 30.8. The molecule has 0 saturated carbocycles. The van der Waals surface area contributed by atoms with E-state index in [4.69, 9.17) is 21.1 Å². The molecule has 2 aromatic rings. The minimum Gasteiger partial charge on any atom is -0.463 e. The van der Waals surface area contributed by atoms with Crippen LogP contribution in [0.3, 0.4) is 0 Å². The molecule has 2 N–H and O–H groups in total. The van der Waals surface area contributed by atoms with Gasteiger partial charge in [0.1, 0.15) is 18.2 Å². The molecule has 45 heavy (non-hydrogen) atoms.